The second-order valence-corrected chi connectivity index (χ2v) is 7.94. The van der Waals surface area contributed by atoms with Gasteiger partial charge in [-0.15, -0.1) is 0 Å². The minimum Gasteiger partial charge on any atom is -0.383 e. The van der Waals surface area contributed by atoms with Crippen molar-refractivity contribution < 1.29 is 4.79 Å². The molecule has 0 aliphatic heterocycles. The maximum atomic E-state index is 13.3. The summed E-state index contributed by atoms with van der Waals surface area (Å²) >= 11 is 5.94. The second kappa shape index (κ2) is 9.31. The third-order valence-electron chi connectivity index (χ3n) is 5.42. The number of unbranched alkanes of at least 4 members (excludes halogenated alkanes) is 1. The predicted molar refractivity (Wildman–Crippen MR) is 116 cm³/mol. The average molecular weight is 419 g/mol. The number of H-pyrrole nitrogens is 1. The Balaban J connectivity index is 2.03. The Morgan fingerprint density at radius 1 is 1.24 bits per heavy atom. The number of hydrogen-bond acceptors (Lipinski definition) is 4. The standard InChI is InChI=1S/C21H27ClN4O3/c1-2-3-12-25-19(23)18(20(28)24-21(25)29)26(16-6-4-5-7-16)17(27)13-14-8-10-15(22)11-9-14/h8-11,16H,2-7,12-13,23H2,1H3,(H,24,28,29). The molecule has 3 rings (SSSR count). The van der Waals surface area contributed by atoms with Crippen LogP contribution in [0.25, 0.3) is 0 Å². The fourth-order valence-corrected chi connectivity index (χ4v) is 4.01. The first-order valence-electron chi connectivity index (χ1n) is 10.1. The number of amides is 1. The van der Waals surface area contributed by atoms with Crippen LogP contribution in [0.2, 0.25) is 5.02 Å². The number of benzene rings is 1. The molecule has 156 valence electrons. The number of nitrogens with zero attached hydrogens (tertiary/aromatic N) is 2. The molecular formula is C21H27ClN4O3. The summed E-state index contributed by atoms with van der Waals surface area (Å²) in [6.45, 7) is 2.41. The molecule has 0 saturated heterocycles. The van der Waals surface area contributed by atoms with E-state index in [-0.39, 0.29) is 29.9 Å². The Kier molecular flexibility index (Phi) is 6.79. The average Bonchev–Trinajstić information content (AvgIpc) is 3.20. The largest absolute Gasteiger partial charge is 0.383 e. The van der Waals surface area contributed by atoms with Gasteiger partial charge >= 0.3 is 5.69 Å². The van der Waals surface area contributed by atoms with Crippen LogP contribution < -0.4 is 21.9 Å². The van der Waals surface area contributed by atoms with Gasteiger partial charge in [-0.05, 0) is 37.0 Å². The van der Waals surface area contributed by atoms with Crippen LogP contribution in [-0.4, -0.2) is 21.5 Å². The van der Waals surface area contributed by atoms with Crippen LogP contribution in [-0.2, 0) is 17.8 Å². The molecule has 1 aliphatic rings. The molecule has 3 N–H and O–H groups in total. The molecule has 1 aliphatic carbocycles. The van der Waals surface area contributed by atoms with Crippen molar-refractivity contribution in [3.63, 3.8) is 0 Å². The van der Waals surface area contributed by atoms with E-state index < -0.39 is 11.2 Å². The van der Waals surface area contributed by atoms with E-state index in [4.69, 9.17) is 17.3 Å². The van der Waals surface area contributed by atoms with Crippen LogP contribution in [0.15, 0.2) is 33.9 Å². The smallest absolute Gasteiger partial charge is 0.330 e. The fraction of sp³-hybridized carbons (Fsp3) is 0.476. The van der Waals surface area contributed by atoms with Gasteiger partial charge in [0.2, 0.25) is 5.91 Å². The summed E-state index contributed by atoms with van der Waals surface area (Å²) in [4.78, 5) is 42.2. The molecule has 1 aromatic heterocycles. The van der Waals surface area contributed by atoms with Crippen molar-refractivity contribution in [2.75, 3.05) is 10.6 Å². The number of carbonyl (C=O) groups excluding carboxylic acids is 1. The minimum atomic E-state index is -0.614. The van der Waals surface area contributed by atoms with Gasteiger partial charge in [0.15, 0.2) is 5.69 Å². The highest BCUT2D eigenvalue weighted by molar-refractivity contribution is 6.30. The number of anilines is 2. The summed E-state index contributed by atoms with van der Waals surface area (Å²) in [6, 6.07) is 6.95. The zero-order valence-corrected chi connectivity index (χ0v) is 17.4. The molecule has 1 fully saturated rings. The van der Waals surface area contributed by atoms with E-state index in [0.717, 1.165) is 44.1 Å². The third kappa shape index (κ3) is 4.72. The van der Waals surface area contributed by atoms with Gasteiger partial charge in [0, 0.05) is 17.6 Å². The van der Waals surface area contributed by atoms with Gasteiger partial charge in [-0.25, -0.2) is 4.79 Å². The molecule has 0 spiro atoms. The Morgan fingerprint density at radius 3 is 2.52 bits per heavy atom. The number of nitrogens with two attached hydrogens (primary N) is 1. The molecule has 29 heavy (non-hydrogen) atoms. The van der Waals surface area contributed by atoms with Crippen LogP contribution in [0.5, 0.6) is 0 Å². The number of aromatic nitrogens is 2. The van der Waals surface area contributed by atoms with Crippen molar-refractivity contribution in [1.82, 2.24) is 9.55 Å². The summed E-state index contributed by atoms with van der Waals surface area (Å²) < 4.78 is 1.36. The lowest BCUT2D eigenvalue weighted by molar-refractivity contribution is -0.118. The van der Waals surface area contributed by atoms with Crippen molar-refractivity contribution in [2.45, 2.75) is 64.5 Å². The number of hydrogen-bond donors (Lipinski definition) is 2. The summed E-state index contributed by atoms with van der Waals surface area (Å²) in [5.41, 5.74) is 6.01. The van der Waals surface area contributed by atoms with Gasteiger partial charge in [0.1, 0.15) is 5.82 Å². The predicted octanol–water partition coefficient (Wildman–Crippen LogP) is 3.09. The van der Waals surface area contributed by atoms with E-state index in [9.17, 15) is 14.4 Å². The van der Waals surface area contributed by atoms with Crippen LogP contribution in [0, 0.1) is 0 Å². The van der Waals surface area contributed by atoms with Gasteiger partial charge in [-0.3, -0.25) is 19.1 Å². The van der Waals surface area contributed by atoms with Crippen LogP contribution in [0.4, 0.5) is 11.5 Å². The number of nitrogens with one attached hydrogen (secondary N) is 1. The Bertz CT molecular complexity index is 975. The SMILES string of the molecule is CCCCn1c(N)c(N(C(=O)Cc2ccc(Cl)cc2)C2CCCC2)c(=O)[nH]c1=O. The molecular weight excluding hydrogens is 392 g/mol. The molecule has 0 bridgehead atoms. The lowest BCUT2D eigenvalue weighted by atomic mass is 10.1. The molecule has 1 saturated carbocycles. The zero-order valence-electron chi connectivity index (χ0n) is 16.6. The second-order valence-electron chi connectivity index (χ2n) is 7.50. The fourth-order valence-electron chi connectivity index (χ4n) is 3.88. The number of nitrogen functional groups attached to an aromatic ring is 1. The quantitative estimate of drug-likeness (QED) is 0.721. The topological polar surface area (TPSA) is 101 Å². The van der Waals surface area contributed by atoms with Crippen molar-refractivity contribution >= 4 is 29.0 Å². The van der Waals surface area contributed by atoms with Crippen LogP contribution in [0.1, 0.15) is 51.0 Å². The normalized spacial score (nSPS) is 14.3. The summed E-state index contributed by atoms with van der Waals surface area (Å²) in [5.74, 6) is -0.152. The maximum absolute atomic E-state index is 13.3. The van der Waals surface area contributed by atoms with Gasteiger partial charge in [-0.2, -0.15) is 0 Å². The van der Waals surface area contributed by atoms with E-state index in [1.807, 2.05) is 6.92 Å². The first-order chi connectivity index (χ1) is 13.9. The van der Waals surface area contributed by atoms with Crippen molar-refractivity contribution in [1.29, 1.82) is 0 Å². The first-order valence-corrected chi connectivity index (χ1v) is 10.5. The highest BCUT2D eigenvalue weighted by Crippen LogP contribution is 2.30. The molecule has 0 radical (unpaired) electrons. The first kappa shape index (κ1) is 21.2. The highest BCUT2D eigenvalue weighted by atomic mass is 35.5. The monoisotopic (exact) mass is 418 g/mol. The molecule has 8 heteroatoms. The number of halogens is 1. The van der Waals surface area contributed by atoms with Gasteiger partial charge < -0.3 is 10.6 Å². The lowest BCUT2D eigenvalue weighted by Gasteiger charge is -2.30. The van der Waals surface area contributed by atoms with Gasteiger partial charge in [-0.1, -0.05) is 49.9 Å². The van der Waals surface area contributed by atoms with E-state index in [0.29, 0.717) is 11.6 Å². The Hall–Kier alpha value is -2.54. The summed E-state index contributed by atoms with van der Waals surface area (Å²) in [6.07, 6.45) is 5.34. The van der Waals surface area contributed by atoms with Gasteiger partial charge in [0.05, 0.1) is 6.42 Å². The Morgan fingerprint density at radius 2 is 1.90 bits per heavy atom. The van der Waals surface area contributed by atoms with Crippen molar-refractivity contribution in [3.05, 3.63) is 55.7 Å². The van der Waals surface area contributed by atoms with Crippen molar-refractivity contribution in [2.24, 2.45) is 0 Å². The molecule has 1 heterocycles. The lowest BCUT2D eigenvalue weighted by Crippen LogP contribution is -2.46. The molecule has 0 unspecified atom stereocenters. The van der Waals surface area contributed by atoms with E-state index >= 15 is 0 Å². The summed E-state index contributed by atoms with van der Waals surface area (Å²) in [7, 11) is 0. The highest BCUT2D eigenvalue weighted by Gasteiger charge is 2.32. The third-order valence-corrected chi connectivity index (χ3v) is 5.67. The zero-order chi connectivity index (χ0) is 21.0. The molecule has 7 nitrogen and oxygen atoms in total. The van der Waals surface area contributed by atoms with E-state index in [2.05, 4.69) is 4.98 Å². The summed E-state index contributed by atoms with van der Waals surface area (Å²) in [5, 5.41) is 0.595. The van der Waals surface area contributed by atoms with Crippen molar-refractivity contribution in [3.8, 4) is 0 Å². The molecule has 2 aromatic rings. The van der Waals surface area contributed by atoms with Crippen LogP contribution in [0.3, 0.4) is 0 Å². The van der Waals surface area contributed by atoms with Gasteiger partial charge in [0.25, 0.3) is 5.56 Å². The van der Waals surface area contributed by atoms with Crippen LogP contribution >= 0.6 is 11.6 Å². The van der Waals surface area contributed by atoms with E-state index in [1.165, 1.54) is 9.47 Å². The molecule has 1 amide bonds. The minimum absolute atomic E-state index is 0.0588. The molecule has 1 aromatic carbocycles. The number of carbonyl (C=O) groups is 1. The van der Waals surface area contributed by atoms with E-state index in [1.54, 1.807) is 24.3 Å². The molecule has 0 atom stereocenters. The Labute approximate surface area is 174 Å². The number of aromatic amines is 1. The number of rotatable bonds is 7. The maximum Gasteiger partial charge on any atom is 0.330 e.